The van der Waals surface area contributed by atoms with Gasteiger partial charge in [-0.2, -0.15) is 0 Å². The van der Waals surface area contributed by atoms with Crippen molar-refractivity contribution < 1.29 is 4.79 Å². The zero-order valence-electron chi connectivity index (χ0n) is 13.6. The van der Waals surface area contributed by atoms with E-state index in [9.17, 15) is 4.79 Å². The van der Waals surface area contributed by atoms with Gasteiger partial charge in [0.2, 0.25) is 5.91 Å². The number of carbonyl (C=O) groups is 1. The molecule has 4 heteroatoms. The molecule has 2 rings (SSSR count). The molecule has 0 aliphatic heterocycles. The van der Waals surface area contributed by atoms with Gasteiger partial charge in [-0.05, 0) is 43.5 Å². The van der Waals surface area contributed by atoms with E-state index in [0.29, 0.717) is 0 Å². The van der Waals surface area contributed by atoms with Crippen molar-refractivity contribution >= 4 is 5.91 Å². The highest BCUT2D eigenvalue weighted by Crippen LogP contribution is 2.44. The van der Waals surface area contributed by atoms with Gasteiger partial charge in [0.15, 0.2) is 0 Å². The molecule has 3 N–H and O–H groups in total. The Kier molecular flexibility index (Phi) is 4.40. The van der Waals surface area contributed by atoms with Crippen molar-refractivity contribution in [2.45, 2.75) is 37.6 Å². The van der Waals surface area contributed by atoms with Crippen molar-refractivity contribution in [2.75, 3.05) is 27.2 Å². The predicted octanol–water partition coefficient (Wildman–Crippen LogP) is 1.59. The van der Waals surface area contributed by atoms with Gasteiger partial charge in [0.05, 0.1) is 0 Å². The molecular weight excluding hydrogens is 262 g/mol. The van der Waals surface area contributed by atoms with E-state index in [1.807, 2.05) is 32.3 Å². The smallest absolute Gasteiger partial charge is 0.242 e. The quantitative estimate of drug-likeness (QED) is 0.865. The number of amides is 1. The first kappa shape index (κ1) is 16.0. The number of nitrogens with zero attached hydrogens (tertiary/aromatic N) is 1. The fourth-order valence-electron chi connectivity index (χ4n) is 3.23. The Hall–Kier alpha value is -1.39. The van der Waals surface area contributed by atoms with Gasteiger partial charge in [0.1, 0.15) is 5.54 Å². The Morgan fingerprint density at radius 2 is 1.86 bits per heavy atom. The molecule has 1 unspecified atom stereocenters. The molecule has 0 saturated heterocycles. The van der Waals surface area contributed by atoms with Crippen LogP contribution >= 0.6 is 0 Å². The van der Waals surface area contributed by atoms with E-state index >= 15 is 0 Å². The molecule has 1 aliphatic rings. The molecule has 4 nitrogen and oxygen atoms in total. The number of rotatable bonds is 5. The molecule has 0 fully saturated rings. The summed E-state index contributed by atoms with van der Waals surface area (Å²) in [6.45, 7) is 6.08. The Labute approximate surface area is 127 Å². The second kappa shape index (κ2) is 5.78. The maximum absolute atomic E-state index is 12.3. The summed E-state index contributed by atoms with van der Waals surface area (Å²) in [4.78, 5) is 14.4. The lowest BCUT2D eigenvalue weighted by atomic mass is 9.65. The molecule has 1 aromatic carbocycles. The average Bonchev–Trinajstić information content (AvgIpc) is 2.41. The largest absolute Gasteiger partial charge is 0.368 e. The highest BCUT2D eigenvalue weighted by atomic mass is 16.1. The summed E-state index contributed by atoms with van der Waals surface area (Å²) in [5, 5.41) is 3.44. The van der Waals surface area contributed by atoms with Crippen molar-refractivity contribution in [3.8, 4) is 0 Å². The fraction of sp³-hybridized carbons (Fsp3) is 0.588. The van der Waals surface area contributed by atoms with Crippen LogP contribution in [0.15, 0.2) is 24.3 Å². The van der Waals surface area contributed by atoms with Crippen LogP contribution in [-0.2, 0) is 15.7 Å². The summed E-state index contributed by atoms with van der Waals surface area (Å²) in [6, 6.07) is 8.20. The van der Waals surface area contributed by atoms with Crippen LogP contribution in [0.3, 0.4) is 0 Å². The fourth-order valence-corrected chi connectivity index (χ4v) is 3.23. The molecule has 1 amide bonds. The topological polar surface area (TPSA) is 58.4 Å². The van der Waals surface area contributed by atoms with Gasteiger partial charge in [0, 0.05) is 13.1 Å². The number of hydrogen-bond acceptors (Lipinski definition) is 3. The average molecular weight is 289 g/mol. The van der Waals surface area contributed by atoms with Gasteiger partial charge in [-0.3, -0.25) is 10.1 Å². The van der Waals surface area contributed by atoms with E-state index in [4.69, 9.17) is 5.73 Å². The first-order valence-electron chi connectivity index (χ1n) is 7.59. The van der Waals surface area contributed by atoms with Crippen LogP contribution in [0.2, 0.25) is 0 Å². The van der Waals surface area contributed by atoms with Crippen molar-refractivity contribution in [3.63, 3.8) is 0 Å². The van der Waals surface area contributed by atoms with Crippen LogP contribution in [0.1, 0.15) is 37.8 Å². The monoisotopic (exact) mass is 289 g/mol. The van der Waals surface area contributed by atoms with Crippen LogP contribution < -0.4 is 11.1 Å². The lowest BCUT2D eigenvalue weighted by Gasteiger charge is -2.44. The number of benzene rings is 1. The first-order valence-corrected chi connectivity index (χ1v) is 7.59. The number of nitrogens with one attached hydrogen (secondary N) is 1. The number of primary amides is 1. The number of nitrogens with two attached hydrogens (primary N) is 1. The lowest BCUT2D eigenvalue weighted by molar-refractivity contribution is -0.125. The molecule has 1 atom stereocenters. The summed E-state index contributed by atoms with van der Waals surface area (Å²) < 4.78 is 0. The summed E-state index contributed by atoms with van der Waals surface area (Å²) in [6.07, 6.45) is 1.70. The number of carbonyl (C=O) groups excluding carboxylic acids is 1. The van der Waals surface area contributed by atoms with Gasteiger partial charge in [-0.1, -0.05) is 38.1 Å². The van der Waals surface area contributed by atoms with Crippen LogP contribution in [-0.4, -0.2) is 38.0 Å². The van der Waals surface area contributed by atoms with Crippen LogP contribution in [0.25, 0.3) is 0 Å². The van der Waals surface area contributed by atoms with Gasteiger partial charge in [-0.15, -0.1) is 0 Å². The summed E-state index contributed by atoms with van der Waals surface area (Å²) in [5.41, 5.74) is 7.43. The number of fused-ring (bicyclic) bond motifs is 1. The van der Waals surface area contributed by atoms with Crippen LogP contribution in [0, 0.1) is 0 Å². The standard InChI is InChI=1S/C17H27N3O/c1-16(2)9-10-17(15(18)21,19-11-12-20(3)4)14-8-6-5-7-13(14)16/h5-8,19H,9-12H2,1-4H3,(H2,18,21). The second-order valence-corrected chi connectivity index (χ2v) is 6.93. The molecule has 0 aromatic heterocycles. The maximum Gasteiger partial charge on any atom is 0.242 e. The van der Waals surface area contributed by atoms with Gasteiger partial charge < -0.3 is 10.6 Å². The minimum absolute atomic E-state index is 0.0821. The predicted molar refractivity (Wildman–Crippen MR) is 86.1 cm³/mol. The third-order valence-electron chi connectivity index (χ3n) is 4.65. The number of hydrogen-bond donors (Lipinski definition) is 2. The minimum atomic E-state index is -0.734. The lowest BCUT2D eigenvalue weighted by Crippen LogP contribution is -2.57. The van der Waals surface area contributed by atoms with Crippen molar-refractivity contribution in [1.29, 1.82) is 0 Å². The molecule has 0 saturated carbocycles. The van der Waals surface area contributed by atoms with Gasteiger partial charge in [0.25, 0.3) is 0 Å². The van der Waals surface area contributed by atoms with E-state index in [1.54, 1.807) is 0 Å². The third-order valence-corrected chi connectivity index (χ3v) is 4.65. The molecule has 1 aromatic rings. The summed E-state index contributed by atoms with van der Waals surface area (Å²) >= 11 is 0. The summed E-state index contributed by atoms with van der Waals surface area (Å²) in [7, 11) is 4.05. The Balaban J connectivity index is 2.40. The molecular formula is C17H27N3O. The van der Waals surface area contributed by atoms with Gasteiger partial charge >= 0.3 is 0 Å². The molecule has 0 heterocycles. The highest BCUT2D eigenvalue weighted by molar-refractivity contribution is 5.87. The zero-order chi connectivity index (χ0) is 15.7. The molecule has 0 bridgehead atoms. The summed E-state index contributed by atoms with van der Waals surface area (Å²) in [5.74, 6) is -0.274. The van der Waals surface area contributed by atoms with Crippen molar-refractivity contribution in [2.24, 2.45) is 5.73 Å². The van der Waals surface area contributed by atoms with E-state index < -0.39 is 5.54 Å². The zero-order valence-corrected chi connectivity index (χ0v) is 13.6. The SMILES string of the molecule is CN(C)CCNC1(C(N)=O)CCC(C)(C)c2ccccc21. The van der Waals surface area contributed by atoms with E-state index in [1.165, 1.54) is 5.56 Å². The van der Waals surface area contributed by atoms with Gasteiger partial charge in [-0.25, -0.2) is 0 Å². The maximum atomic E-state index is 12.3. The van der Waals surface area contributed by atoms with Crippen LogP contribution in [0.5, 0.6) is 0 Å². The Bertz CT molecular complexity index is 525. The van der Waals surface area contributed by atoms with E-state index in [0.717, 1.165) is 31.5 Å². The van der Waals surface area contributed by atoms with Crippen molar-refractivity contribution in [1.82, 2.24) is 10.2 Å². The molecule has 1 aliphatic carbocycles. The highest BCUT2D eigenvalue weighted by Gasteiger charge is 2.46. The number of likely N-dealkylation sites (N-methyl/N-ethyl adjacent to an activating group) is 1. The third kappa shape index (κ3) is 2.97. The minimum Gasteiger partial charge on any atom is -0.368 e. The molecule has 0 spiro atoms. The molecule has 21 heavy (non-hydrogen) atoms. The first-order chi connectivity index (χ1) is 9.79. The Morgan fingerprint density at radius 3 is 2.43 bits per heavy atom. The van der Waals surface area contributed by atoms with Crippen molar-refractivity contribution in [3.05, 3.63) is 35.4 Å². The molecule has 0 radical (unpaired) electrons. The second-order valence-electron chi connectivity index (χ2n) is 6.93. The van der Waals surface area contributed by atoms with E-state index in [2.05, 4.69) is 30.1 Å². The molecule has 116 valence electrons. The Morgan fingerprint density at radius 1 is 1.24 bits per heavy atom. The van der Waals surface area contributed by atoms with Crippen LogP contribution in [0.4, 0.5) is 0 Å². The normalized spacial score (nSPS) is 23.9. The van der Waals surface area contributed by atoms with E-state index in [-0.39, 0.29) is 11.3 Å².